The average Bonchev–Trinajstić information content (AvgIpc) is 3.41. The van der Waals surface area contributed by atoms with E-state index in [-0.39, 0.29) is 11.7 Å². The zero-order valence-corrected chi connectivity index (χ0v) is 15.0. The van der Waals surface area contributed by atoms with Crippen LogP contribution < -0.4 is 10.1 Å². The molecule has 2 aromatic heterocycles. The van der Waals surface area contributed by atoms with Crippen molar-refractivity contribution >= 4 is 5.91 Å². The summed E-state index contributed by atoms with van der Waals surface area (Å²) >= 11 is 0. The monoisotopic (exact) mass is 375 g/mol. The van der Waals surface area contributed by atoms with E-state index in [1.165, 1.54) is 6.26 Å². The Morgan fingerprint density at radius 3 is 2.64 bits per heavy atom. The molecule has 1 amide bonds. The lowest BCUT2D eigenvalue weighted by Gasteiger charge is -2.07. The molecule has 0 bridgehead atoms. The second kappa shape index (κ2) is 7.79. The second-order valence-electron chi connectivity index (χ2n) is 6.07. The molecule has 0 unspecified atom stereocenters. The van der Waals surface area contributed by atoms with Gasteiger partial charge in [0.25, 0.3) is 5.91 Å². The van der Waals surface area contributed by atoms with Crippen molar-refractivity contribution in [3.8, 4) is 22.9 Å². The van der Waals surface area contributed by atoms with Crippen molar-refractivity contribution < 1.29 is 18.5 Å². The van der Waals surface area contributed by atoms with E-state index in [4.69, 9.17) is 13.7 Å². The minimum atomic E-state index is -0.470. The molecule has 2 aromatic carbocycles. The Labute approximate surface area is 161 Å². The third-order valence-electron chi connectivity index (χ3n) is 3.98. The van der Waals surface area contributed by atoms with Gasteiger partial charge in [0.05, 0.1) is 6.26 Å². The number of carbonyl (C=O) groups is 1. The van der Waals surface area contributed by atoms with Gasteiger partial charge in [-0.05, 0) is 43.3 Å². The summed E-state index contributed by atoms with van der Waals surface area (Å²) in [6.07, 6.45) is 1.44. The summed E-state index contributed by atoms with van der Waals surface area (Å²) < 4.78 is 16.2. The maximum atomic E-state index is 12.1. The van der Waals surface area contributed by atoms with Crippen LogP contribution in [0.3, 0.4) is 0 Å². The number of hydrogen-bond donors (Lipinski definition) is 1. The molecule has 2 heterocycles. The van der Waals surface area contributed by atoms with E-state index in [9.17, 15) is 4.79 Å². The largest absolute Gasteiger partial charge is 0.459 e. The molecule has 28 heavy (non-hydrogen) atoms. The number of aromatic nitrogens is 2. The summed E-state index contributed by atoms with van der Waals surface area (Å²) in [5.74, 6) is 1.97. The molecule has 0 aliphatic rings. The Bertz CT molecular complexity index is 1060. The first kappa shape index (κ1) is 17.5. The SMILES string of the molecule is C[C@H](NC(=O)c1ccco1)c1nc(-c2cccc(Oc3ccccc3)c2)no1. The van der Waals surface area contributed by atoms with Crippen LogP contribution in [-0.4, -0.2) is 16.0 Å². The lowest BCUT2D eigenvalue weighted by atomic mass is 10.2. The lowest BCUT2D eigenvalue weighted by Crippen LogP contribution is -2.26. The van der Waals surface area contributed by atoms with E-state index in [0.29, 0.717) is 17.5 Å². The van der Waals surface area contributed by atoms with E-state index in [1.54, 1.807) is 19.1 Å². The minimum absolute atomic E-state index is 0.220. The Morgan fingerprint density at radius 1 is 1.04 bits per heavy atom. The molecule has 4 aromatic rings. The van der Waals surface area contributed by atoms with Crippen molar-refractivity contribution in [1.29, 1.82) is 0 Å². The molecular weight excluding hydrogens is 358 g/mol. The second-order valence-corrected chi connectivity index (χ2v) is 6.07. The number of nitrogens with zero attached hydrogens (tertiary/aromatic N) is 2. The van der Waals surface area contributed by atoms with E-state index in [0.717, 1.165) is 11.3 Å². The number of nitrogens with one attached hydrogen (secondary N) is 1. The first-order valence-electron chi connectivity index (χ1n) is 8.70. The molecule has 140 valence electrons. The number of ether oxygens (including phenoxy) is 1. The summed E-state index contributed by atoms with van der Waals surface area (Å²) in [5, 5.41) is 6.76. The van der Waals surface area contributed by atoms with Crippen molar-refractivity contribution in [1.82, 2.24) is 15.5 Å². The fourth-order valence-corrected chi connectivity index (χ4v) is 2.59. The molecule has 0 aliphatic carbocycles. The van der Waals surface area contributed by atoms with Crippen molar-refractivity contribution in [3.05, 3.63) is 84.6 Å². The van der Waals surface area contributed by atoms with Crippen LogP contribution in [-0.2, 0) is 0 Å². The molecule has 4 rings (SSSR count). The molecule has 0 saturated carbocycles. The maximum Gasteiger partial charge on any atom is 0.287 e. The Morgan fingerprint density at radius 2 is 1.86 bits per heavy atom. The predicted octanol–water partition coefficient (Wildman–Crippen LogP) is 4.61. The van der Waals surface area contributed by atoms with Crippen molar-refractivity contribution in [3.63, 3.8) is 0 Å². The van der Waals surface area contributed by atoms with Gasteiger partial charge < -0.3 is 19.0 Å². The molecular formula is C21H17N3O4. The summed E-state index contributed by atoms with van der Waals surface area (Å²) in [6, 6.07) is 19.6. The van der Waals surface area contributed by atoms with Crippen LogP contribution in [0.2, 0.25) is 0 Å². The zero-order chi connectivity index (χ0) is 19.3. The van der Waals surface area contributed by atoms with E-state index in [2.05, 4.69) is 15.5 Å². The third-order valence-corrected chi connectivity index (χ3v) is 3.98. The molecule has 1 atom stereocenters. The van der Waals surface area contributed by atoms with Crippen LogP contribution in [0.15, 0.2) is 81.9 Å². The van der Waals surface area contributed by atoms with Crippen LogP contribution in [0.4, 0.5) is 0 Å². The van der Waals surface area contributed by atoms with E-state index >= 15 is 0 Å². The highest BCUT2D eigenvalue weighted by molar-refractivity contribution is 5.91. The molecule has 0 spiro atoms. The lowest BCUT2D eigenvalue weighted by molar-refractivity contribution is 0.0904. The van der Waals surface area contributed by atoms with Crippen LogP contribution >= 0.6 is 0 Å². The topological polar surface area (TPSA) is 90.4 Å². The number of carbonyl (C=O) groups excluding carboxylic acids is 1. The van der Waals surface area contributed by atoms with Crippen molar-refractivity contribution in [2.45, 2.75) is 13.0 Å². The van der Waals surface area contributed by atoms with Gasteiger partial charge in [-0.25, -0.2) is 0 Å². The highest BCUT2D eigenvalue weighted by atomic mass is 16.5. The van der Waals surface area contributed by atoms with Gasteiger partial charge in [-0.3, -0.25) is 4.79 Å². The molecule has 7 heteroatoms. The number of benzene rings is 2. The smallest absolute Gasteiger partial charge is 0.287 e. The quantitative estimate of drug-likeness (QED) is 0.529. The van der Waals surface area contributed by atoms with Crippen molar-refractivity contribution in [2.75, 3.05) is 0 Å². The van der Waals surface area contributed by atoms with Crippen LogP contribution in [0.25, 0.3) is 11.4 Å². The number of hydrogen-bond acceptors (Lipinski definition) is 6. The first-order chi connectivity index (χ1) is 13.7. The van der Waals surface area contributed by atoms with Crippen molar-refractivity contribution in [2.24, 2.45) is 0 Å². The van der Waals surface area contributed by atoms with Gasteiger partial charge >= 0.3 is 0 Å². The number of rotatable bonds is 6. The van der Waals surface area contributed by atoms with Gasteiger partial charge in [0.2, 0.25) is 11.7 Å². The molecule has 0 radical (unpaired) electrons. The van der Waals surface area contributed by atoms with Crippen LogP contribution in [0, 0.1) is 0 Å². The highest BCUT2D eigenvalue weighted by Gasteiger charge is 2.19. The third kappa shape index (κ3) is 3.93. The standard InChI is InChI=1S/C21H17N3O4/c1-14(22-20(25)18-11-6-12-26-18)21-23-19(24-28-21)15-7-5-10-17(13-15)27-16-8-3-2-4-9-16/h2-14H,1H3,(H,22,25)/t14-/m0/s1. The van der Waals surface area contributed by atoms with Gasteiger partial charge in [-0.1, -0.05) is 35.5 Å². The van der Waals surface area contributed by atoms with Gasteiger partial charge in [-0.15, -0.1) is 0 Å². The maximum absolute atomic E-state index is 12.1. The van der Waals surface area contributed by atoms with Gasteiger partial charge in [0, 0.05) is 5.56 Å². The van der Waals surface area contributed by atoms with Gasteiger partial charge in [0.15, 0.2) is 5.76 Å². The molecule has 7 nitrogen and oxygen atoms in total. The van der Waals surface area contributed by atoms with E-state index < -0.39 is 6.04 Å². The van der Waals surface area contributed by atoms with Crippen LogP contribution in [0.5, 0.6) is 11.5 Å². The van der Waals surface area contributed by atoms with Crippen LogP contribution in [0.1, 0.15) is 29.4 Å². The fraction of sp³-hybridized carbons (Fsp3) is 0.0952. The summed E-state index contributed by atoms with van der Waals surface area (Å²) in [4.78, 5) is 16.5. The summed E-state index contributed by atoms with van der Waals surface area (Å²) in [5.41, 5.74) is 0.744. The Kier molecular flexibility index (Phi) is 4.88. The minimum Gasteiger partial charge on any atom is -0.459 e. The first-order valence-corrected chi connectivity index (χ1v) is 8.70. The normalized spacial score (nSPS) is 11.8. The number of furan rings is 1. The van der Waals surface area contributed by atoms with E-state index in [1.807, 2.05) is 54.6 Å². The average molecular weight is 375 g/mol. The number of para-hydroxylation sites is 1. The molecule has 0 fully saturated rings. The summed E-state index contributed by atoms with van der Waals surface area (Å²) in [7, 11) is 0. The fourth-order valence-electron chi connectivity index (χ4n) is 2.59. The zero-order valence-electron chi connectivity index (χ0n) is 15.0. The molecule has 0 aliphatic heterocycles. The van der Waals surface area contributed by atoms with Gasteiger partial charge in [0.1, 0.15) is 17.5 Å². The Hall–Kier alpha value is -3.87. The van der Waals surface area contributed by atoms with Gasteiger partial charge in [-0.2, -0.15) is 4.98 Å². The Balaban J connectivity index is 1.48. The molecule has 0 saturated heterocycles. The predicted molar refractivity (Wildman–Crippen MR) is 101 cm³/mol. The molecule has 1 N–H and O–H groups in total. The summed E-state index contributed by atoms with van der Waals surface area (Å²) in [6.45, 7) is 1.76. The highest BCUT2D eigenvalue weighted by Crippen LogP contribution is 2.26. The number of amides is 1.